The summed E-state index contributed by atoms with van der Waals surface area (Å²) in [6.45, 7) is 0. The van der Waals surface area contributed by atoms with E-state index in [1.807, 2.05) is 12.1 Å². The van der Waals surface area contributed by atoms with Crippen molar-refractivity contribution in [3.8, 4) is 11.5 Å². The molecule has 10 rings (SSSR count). The lowest BCUT2D eigenvalue weighted by atomic mass is 9.46. The fourth-order valence-electron chi connectivity index (χ4n) is 11.2. The van der Waals surface area contributed by atoms with Crippen LogP contribution < -0.4 is 0 Å². The summed E-state index contributed by atoms with van der Waals surface area (Å²) < 4.78 is 0. The van der Waals surface area contributed by atoms with Crippen molar-refractivity contribution in [1.82, 2.24) is 0 Å². The Morgan fingerprint density at radius 3 is 1.56 bits per heavy atom. The zero-order valence-electron chi connectivity index (χ0n) is 19.2. The minimum atomic E-state index is 0.159. The zero-order chi connectivity index (χ0) is 21.2. The van der Waals surface area contributed by atoms with Crippen LogP contribution in [-0.4, -0.2) is 10.2 Å². The highest BCUT2D eigenvalue weighted by atomic mass is 16.3. The number of hydrogen-bond acceptors (Lipinski definition) is 2. The summed E-state index contributed by atoms with van der Waals surface area (Å²) in [5.41, 5.74) is 2.89. The van der Waals surface area contributed by atoms with Gasteiger partial charge in [0.25, 0.3) is 0 Å². The molecule has 168 valence electrons. The van der Waals surface area contributed by atoms with E-state index < -0.39 is 0 Å². The number of aromatic hydroxyl groups is 2. The van der Waals surface area contributed by atoms with Crippen LogP contribution in [0.3, 0.4) is 0 Å². The molecule has 0 saturated heterocycles. The molecule has 0 spiro atoms. The topological polar surface area (TPSA) is 40.5 Å². The molecule has 2 nitrogen and oxygen atoms in total. The normalized spacial score (nSPS) is 45.8. The summed E-state index contributed by atoms with van der Waals surface area (Å²) >= 11 is 0. The Bertz CT molecular complexity index is 1060. The predicted molar refractivity (Wildman–Crippen MR) is 127 cm³/mol. The second kappa shape index (κ2) is 6.05. The maximum absolute atomic E-state index is 12.2. The van der Waals surface area contributed by atoms with Gasteiger partial charge in [-0.25, -0.2) is 0 Å². The molecule has 8 bridgehead atoms. The van der Waals surface area contributed by atoms with Crippen LogP contribution in [0.25, 0.3) is 10.8 Å². The molecule has 32 heavy (non-hydrogen) atoms. The minimum Gasteiger partial charge on any atom is -0.508 e. The van der Waals surface area contributed by atoms with E-state index in [0.717, 1.165) is 35.5 Å². The lowest BCUT2D eigenvalue weighted by molar-refractivity contribution is -0.00971. The summed E-state index contributed by atoms with van der Waals surface area (Å²) in [5, 5.41) is 25.0. The van der Waals surface area contributed by atoms with Crippen molar-refractivity contribution in [2.45, 2.75) is 87.9 Å². The maximum Gasteiger partial charge on any atom is 0.123 e. The molecule has 0 radical (unpaired) electrons. The summed E-state index contributed by atoms with van der Waals surface area (Å²) in [5.74, 6) is 6.20. The van der Waals surface area contributed by atoms with Crippen LogP contribution in [0, 0.1) is 35.5 Å². The van der Waals surface area contributed by atoms with Gasteiger partial charge in [-0.3, -0.25) is 0 Å². The second-order valence-electron chi connectivity index (χ2n) is 13.4. The molecule has 0 amide bonds. The maximum atomic E-state index is 12.2. The van der Waals surface area contributed by atoms with E-state index in [1.165, 1.54) is 98.9 Å². The van der Waals surface area contributed by atoms with E-state index in [0.29, 0.717) is 11.5 Å². The van der Waals surface area contributed by atoms with Crippen LogP contribution in [0.15, 0.2) is 24.3 Å². The molecule has 2 aromatic rings. The smallest absolute Gasteiger partial charge is 0.123 e. The van der Waals surface area contributed by atoms with E-state index in [1.54, 1.807) is 0 Å². The Hall–Kier alpha value is -1.70. The van der Waals surface area contributed by atoms with Crippen LogP contribution in [0.1, 0.15) is 88.2 Å². The van der Waals surface area contributed by atoms with Crippen molar-refractivity contribution in [3.05, 3.63) is 35.4 Å². The van der Waals surface area contributed by atoms with Gasteiger partial charge in [-0.1, -0.05) is 6.07 Å². The van der Waals surface area contributed by atoms with Crippen molar-refractivity contribution >= 4 is 10.8 Å². The van der Waals surface area contributed by atoms with Crippen LogP contribution in [0.2, 0.25) is 0 Å². The van der Waals surface area contributed by atoms with Crippen molar-refractivity contribution in [3.63, 3.8) is 0 Å². The predicted octanol–water partition coefficient (Wildman–Crippen LogP) is 7.19. The van der Waals surface area contributed by atoms with Gasteiger partial charge in [0.2, 0.25) is 0 Å². The zero-order valence-corrected chi connectivity index (χ0v) is 19.2. The number of phenolic OH excluding ortho intramolecular Hbond substituents is 2. The second-order valence-corrected chi connectivity index (χ2v) is 13.4. The molecule has 8 aliphatic carbocycles. The Balaban J connectivity index is 1.37. The Morgan fingerprint density at radius 1 is 0.594 bits per heavy atom. The number of benzene rings is 2. The third-order valence-corrected chi connectivity index (χ3v) is 11.3. The largest absolute Gasteiger partial charge is 0.508 e. The molecule has 2 heteroatoms. The van der Waals surface area contributed by atoms with Gasteiger partial charge in [-0.15, -0.1) is 0 Å². The van der Waals surface area contributed by atoms with E-state index in [9.17, 15) is 10.2 Å². The fourth-order valence-corrected chi connectivity index (χ4v) is 11.2. The lowest BCUT2D eigenvalue weighted by Crippen LogP contribution is -2.50. The minimum absolute atomic E-state index is 0.159. The molecule has 2 aromatic carbocycles. The Labute approximate surface area is 191 Å². The first-order valence-electron chi connectivity index (χ1n) is 13.5. The van der Waals surface area contributed by atoms with Crippen molar-refractivity contribution < 1.29 is 10.2 Å². The summed E-state index contributed by atoms with van der Waals surface area (Å²) in [7, 11) is 0. The van der Waals surface area contributed by atoms with Gasteiger partial charge >= 0.3 is 0 Å². The standard InChI is InChI=1S/C30H36O2/c31-24-1-2-25-23(9-24)10-26(29-11-17-3-18(12-29)5-19(4-17)13-29)28(32)27(25)30-14-20-6-21(15-30)8-22(7-20)16-30/h1-2,9-10,17-22,31-32H,3-8,11-16H2. The molecular weight excluding hydrogens is 392 g/mol. The molecule has 8 saturated carbocycles. The first-order chi connectivity index (χ1) is 15.5. The monoisotopic (exact) mass is 428 g/mol. The summed E-state index contributed by atoms with van der Waals surface area (Å²) in [4.78, 5) is 0. The van der Waals surface area contributed by atoms with Gasteiger partial charge in [-0.2, -0.15) is 0 Å². The third-order valence-electron chi connectivity index (χ3n) is 11.3. The van der Waals surface area contributed by atoms with Crippen LogP contribution in [-0.2, 0) is 10.8 Å². The molecule has 0 aromatic heterocycles. The van der Waals surface area contributed by atoms with E-state index in [2.05, 4.69) is 12.1 Å². The van der Waals surface area contributed by atoms with Crippen LogP contribution in [0.4, 0.5) is 0 Å². The molecule has 2 N–H and O–H groups in total. The average Bonchev–Trinajstić information content (AvgIpc) is 2.71. The molecule has 8 aliphatic rings. The van der Waals surface area contributed by atoms with Crippen LogP contribution in [0.5, 0.6) is 11.5 Å². The van der Waals surface area contributed by atoms with Gasteiger partial charge in [0.15, 0.2) is 0 Å². The van der Waals surface area contributed by atoms with Gasteiger partial charge in [0.1, 0.15) is 11.5 Å². The molecule has 8 fully saturated rings. The lowest BCUT2D eigenvalue weighted by Gasteiger charge is -2.59. The van der Waals surface area contributed by atoms with Gasteiger partial charge in [0, 0.05) is 16.5 Å². The fraction of sp³-hybridized carbons (Fsp3) is 0.667. The quantitative estimate of drug-likeness (QED) is 0.531. The first-order valence-corrected chi connectivity index (χ1v) is 13.5. The number of fused-ring (bicyclic) bond motifs is 1. The molecule has 0 atom stereocenters. The van der Waals surface area contributed by atoms with Crippen molar-refractivity contribution in [2.24, 2.45) is 35.5 Å². The van der Waals surface area contributed by atoms with Crippen LogP contribution >= 0.6 is 0 Å². The van der Waals surface area contributed by atoms with E-state index in [4.69, 9.17) is 0 Å². The SMILES string of the molecule is Oc1ccc2c(C34CC5CC(CC(C5)C3)C4)c(O)c(C34CC5CC(CC(C5)C3)C4)cc2c1. The summed E-state index contributed by atoms with van der Waals surface area (Å²) in [6, 6.07) is 8.24. The number of hydrogen-bond donors (Lipinski definition) is 2. The van der Waals surface area contributed by atoms with E-state index >= 15 is 0 Å². The number of phenols is 2. The van der Waals surface area contributed by atoms with Gasteiger partial charge < -0.3 is 10.2 Å². The highest BCUT2D eigenvalue weighted by Gasteiger charge is 2.56. The average molecular weight is 429 g/mol. The van der Waals surface area contributed by atoms with Crippen molar-refractivity contribution in [1.29, 1.82) is 0 Å². The number of rotatable bonds is 2. The Morgan fingerprint density at radius 2 is 1.06 bits per heavy atom. The van der Waals surface area contributed by atoms with Gasteiger partial charge in [-0.05, 0) is 147 Å². The van der Waals surface area contributed by atoms with E-state index in [-0.39, 0.29) is 10.8 Å². The van der Waals surface area contributed by atoms with Crippen molar-refractivity contribution in [2.75, 3.05) is 0 Å². The highest BCUT2D eigenvalue weighted by molar-refractivity contribution is 5.91. The molecule has 0 aliphatic heterocycles. The van der Waals surface area contributed by atoms with Gasteiger partial charge in [0.05, 0.1) is 0 Å². The molecule has 0 unspecified atom stereocenters. The third kappa shape index (κ3) is 2.42. The highest BCUT2D eigenvalue weighted by Crippen LogP contribution is 2.66. The Kier molecular flexibility index (Phi) is 3.53. The summed E-state index contributed by atoms with van der Waals surface area (Å²) in [6.07, 6.45) is 16.2. The molecular formula is C30H36O2. The first kappa shape index (κ1) is 18.7. The molecule has 0 heterocycles.